The molecule has 2 aromatic rings. The lowest BCUT2D eigenvalue weighted by Crippen LogP contribution is -3.14. The topological polar surface area (TPSA) is 47.7 Å². The van der Waals surface area contributed by atoms with Crippen molar-refractivity contribution < 1.29 is 39.5 Å². The van der Waals surface area contributed by atoms with Crippen LogP contribution in [0.4, 0.5) is 4.79 Å². The Kier molecular flexibility index (Phi) is 8.76. The van der Waals surface area contributed by atoms with Crippen molar-refractivity contribution in [2.24, 2.45) is 0 Å². The zero-order chi connectivity index (χ0) is 15.2. The second-order valence-corrected chi connectivity index (χ2v) is 5.84. The summed E-state index contributed by atoms with van der Waals surface area (Å²) in [6.45, 7) is 1.90. The van der Waals surface area contributed by atoms with Gasteiger partial charge in [0, 0.05) is 25.0 Å². The van der Waals surface area contributed by atoms with Crippen LogP contribution >= 0.6 is 0 Å². The number of amides is 2. The number of likely N-dealkylation sites (tertiary alicyclic amines) is 1. The number of nitrogens with one attached hydrogen (secondary N) is 3. The molecule has 2 heterocycles. The van der Waals surface area contributed by atoms with E-state index in [4.69, 9.17) is 0 Å². The van der Waals surface area contributed by atoms with Crippen molar-refractivity contribution in [3.8, 4) is 0 Å². The Morgan fingerprint density at radius 3 is 2.33 bits per heavy atom. The highest BCUT2D eigenvalue weighted by Crippen LogP contribution is 2.16. The molecule has 1 aliphatic rings. The first-order chi connectivity index (χ1) is 10.8. The first kappa shape index (κ1) is 20.4. The number of urea groups is 1. The monoisotopic (exact) mass is 367 g/mol. The Balaban J connectivity index is 0.00000144. The van der Waals surface area contributed by atoms with Crippen LogP contribution in [0.5, 0.6) is 0 Å². The minimum Gasteiger partial charge on any atom is -1.00 e. The van der Waals surface area contributed by atoms with Gasteiger partial charge in [0.1, 0.15) is 0 Å². The van der Waals surface area contributed by atoms with Gasteiger partial charge in [-0.1, -0.05) is 36.4 Å². The third-order valence-corrected chi connectivity index (χ3v) is 4.23. The summed E-state index contributed by atoms with van der Waals surface area (Å²) in [4.78, 5) is 16.8. The number of aromatic nitrogens is 1. The summed E-state index contributed by atoms with van der Waals surface area (Å²) in [5.74, 6) is 0. The number of H-pyrrole nitrogens is 1. The molecule has 0 bridgehead atoms. The summed E-state index contributed by atoms with van der Waals surface area (Å²) in [5.41, 5.74) is 2.26. The molecule has 130 valence electrons. The van der Waals surface area contributed by atoms with Gasteiger partial charge in [-0.05, 0) is 5.56 Å². The minimum atomic E-state index is 0. The van der Waals surface area contributed by atoms with E-state index in [1.165, 1.54) is 0 Å². The second-order valence-electron chi connectivity index (χ2n) is 5.84. The summed E-state index contributed by atoms with van der Waals surface area (Å²) < 4.78 is 0. The number of rotatable bonds is 4. The molecular formula is C18H23Cl2N3O. The fourth-order valence-corrected chi connectivity index (χ4v) is 3.00. The minimum absolute atomic E-state index is 0. The Morgan fingerprint density at radius 2 is 1.71 bits per heavy atom. The fraction of sp³-hybridized carbons (Fsp3) is 0.333. The number of benzene rings is 1. The average Bonchev–Trinajstić information content (AvgIpc) is 3.11. The van der Waals surface area contributed by atoms with Gasteiger partial charge in [0.05, 0.1) is 25.6 Å². The van der Waals surface area contributed by atoms with E-state index in [2.05, 4.69) is 28.5 Å². The van der Waals surface area contributed by atoms with Crippen molar-refractivity contribution in [1.82, 2.24) is 5.32 Å². The van der Waals surface area contributed by atoms with Gasteiger partial charge in [0.15, 0.2) is 11.9 Å². The molecule has 0 aliphatic carbocycles. The number of quaternary nitrogens is 1. The molecule has 3 N–H and O–H groups in total. The first-order valence-corrected chi connectivity index (χ1v) is 7.99. The van der Waals surface area contributed by atoms with E-state index in [1.807, 2.05) is 36.5 Å². The van der Waals surface area contributed by atoms with E-state index < -0.39 is 0 Å². The van der Waals surface area contributed by atoms with Crippen molar-refractivity contribution in [1.29, 1.82) is 0 Å². The van der Waals surface area contributed by atoms with Crippen molar-refractivity contribution in [2.75, 3.05) is 13.1 Å². The van der Waals surface area contributed by atoms with E-state index in [0.717, 1.165) is 48.5 Å². The van der Waals surface area contributed by atoms with Gasteiger partial charge in [0.2, 0.25) is 0 Å². The van der Waals surface area contributed by atoms with Crippen LogP contribution in [-0.2, 0) is 6.42 Å². The maximum absolute atomic E-state index is 12.5. The lowest BCUT2D eigenvalue weighted by molar-refractivity contribution is -0.801. The highest BCUT2D eigenvalue weighted by Gasteiger charge is 2.27. The maximum Gasteiger partial charge on any atom is 0.415 e. The van der Waals surface area contributed by atoms with Crippen LogP contribution in [0, 0.1) is 0 Å². The normalized spacial score (nSPS) is 15.0. The molecule has 0 saturated carbocycles. The number of aromatic amines is 1. The Morgan fingerprint density at radius 1 is 1.04 bits per heavy atom. The summed E-state index contributed by atoms with van der Waals surface area (Å²) in [6, 6.07) is 16.4. The van der Waals surface area contributed by atoms with E-state index in [0.29, 0.717) is 0 Å². The lowest BCUT2D eigenvalue weighted by Gasteiger charge is -2.19. The first-order valence-electron chi connectivity index (χ1n) is 7.99. The molecule has 1 fully saturated rings. The molecule has 24 heavy (non-hydrogen) atoms. The molecule has 6 heteroatoms. The largest absolute Gasteiger partial charge is 1.00 e. The molecule has 2 amide bonds. The van der Waals surface area contributed by atoms with E-state index >= 15 is 0 Å². The van der Waals surface area contributed by atoms with Crippen LogP contribution in [0.1, 0.15) is 30.1 Å². The highest BCUT2D eigenvalue weighted by molar-refractivity contribution is 5.65. The summed E-state index contributed by atoms with van der Waals surface area (Å²) in [5, 5.41) is 3.23. The van der Waals surface area contributed by atoms with Crippen LogP contribution in [0.25, 0.3) is 0 Å². The van der Waals surface area contributed by atoms with Gasteiger partial charge in [-0.25, -0.2) is 9.78 Å². The van der Waals surface area contributed by atoms with Gasteiger partial charge >= 0.3 is 6.03 Å². The lowest BCUT2D eigenvalue weighted by atomic mass is 10.0. The zero-order valence-corrected chi connectivity index (χ0v) is 15.0. The maximum atomic E-state index is 12.5. The summed E-state index contributed by atoms with van der Waals surface area (Å²) in [6.07, 6.45) is 4.98. The number of carbonyl (C=O) groups is 1. The van der Waals surface area contributed by atoms with Crippen molar-refractivity contribution in [3.63, 3.8) is 0 Å². The van der Waals surface area contributed by atoms with E-state index in [9.17, 15) is 4.79 Å². The van der Waals surface area contributed by atoms with Gasteiger partial charge < -0.3 is 24.8 Å². The van der Waals surface area contributed by atoms with Gasteiger partial charge in [-0.3, -0.25) is 10.2 Å². The molecule has 1 atom stereocenters. The number of hydrogen-bond donors (Lipinski definition) is 2. The molecule has 1 saturated heterocycles. The van der Waals surface area contributed by atoms with Gasteiger partial charge in [-0.2, -0.15) is 0 Å². The molecular weight excluding hydrogens is 345 g/mol. The molecule has 1 aromatic heterocycles. The molecule has 0 radical (unpaired) electrons. The predicted molar refractivity (Wildman–Crippen MR) is 84.3 cm³/mol. The molecule has 1 aromatic carbocycles. The van der Waals surface area contributed by atoms with Crippen LogP contribution in [-0.4, -0.2) is 19.1 Å². The van der Waals surface area contributed by atoms with Crippen LogP contribution < -0.4 is 40.0 Å². The molecule has 0 unspecified atom stereocenters. The Hall–Kier alpha value is -1.62. The van der Waals surface area contributed by atoms with Crippen LogP contribution in [0.3, 0.4) is 0 Å². The standard InChI is InChI=1S/C18H21N3O.2ClH/c22-18(21-12-6-7-13-21)20-17(15-8-2-1-3-9-15)14-16-10-4-5-11-19-16;;/h1-5,8-11,17H,6-7,12-14H2,(H,20,22);2*1H/t17-;;/m0../s1. The Labute approximate surface area is 155 Å². The third kappa shape index (κ3) is 5.48. The summed E-state index contributed by atoms with van der Waals surface area (Å²) in [7, 11) is 0. The number of hydrogen-bond acceptors (Lipinski definition) is 1. The zero-order valence-electron chi connectivity index (χ0n) is 13.5. The highest BCUT2D eigenvalue weighted by atomic mass is 35.5. The summed E-state index contributed by atoms with van der Waals surface area (Å²) >= 11 is 0. The SMILES string of the molecule is O=C(N[C@@H](Cc1cccc[nH+]1)c1ccccc1)[NH+]1CCCC1.[Cl-].[Cl-]. The van der Waals surface area contributed by atoms with Crippen molar-refractivity contribution >= 4 is 6.03 Å². The Bertz CT molecular complexity index is 604. The second kappa shape index (κ2) is 10.3. The predicted octanol–water partition coefficient (Wildman–Crippen LogP) is -4.82. The number of halogens is 2. The molecule has 1 aliphatic heterocycles. The van der Waals surface area contributed by atoms with E-state index in [1.54, 1.807) is 0 Å². The fourth-order valence-electron chi connectivity index (χ4n) is 3.00. The smallest absolute Gasteiger partial charge is 0.415 e. The average molecular weight is 368 g/mol. The van der Waals surface area contributed by atoms with Gasteiger partial charge in [-0.15, -0.1) is 0 Å². The number of carbonyl (C=O) groups excluding carboxylic acids is 1. The van der Waals surface area contributed by atoms with Crippen molar-refractivity contribution in [3.05, 3.63) is 66.0 Å². The molecule has 3 rings (SSSR count). The number of pyridine rings is 1. The quantitative estimate of drug-likeness (QED) is 0.559. The van der Waals surface area contributed by atoms with Crippen LogP contribution in [0.15, 0.2) is 54.7 Å². The van der Waals surface area contributed by atoms with E-state index in [-0.39, 0.29) is 36.9 Å². The van der Waals surface area contributed by atoms with Crippen LogP contribution in [0.2, 0.25) is 0 Å². The molecule has 0 spiro atoms. The van der Waals surface area contributed by atoms with Crippen molar-refractivity contribution in [2.45, 2.75) is 25.3 Å². The third-order valence-electron chi connectivity index (χ3n) is 4.23. The van der Waals surface area contributed by atoms with Gasteiger partial charge in [0.25, 0.3) is 0 Å². The molecule has 4 nitrogen and oxygen atoms in total.